The number of carboxylic acid groups (broad SMARTS) is 1. The van der Waals surface area contributed by atoms with E-state index in [0.29, 0.717) is 25.5 Å². The largest absolute Gasteiger partial charge is 0.504 e. The van der Waals surface area contributed by atoms with E-state index in [0.717, 1.165) is 17.0 Å². The molecule has 0 radical (unpaired) electrons. The second-order valence-electron chi connectivity index (χ2n) is 3.91. The van der Waals surface area contributed by atoms with Crippen molar-refractivity contribution in [3.8, 4) is 5.75 Å². The molecule has 0 aliphatic carbocycles. The topological polar surface area (TPSA) is 96.2 Å². The molecule has 0 aliphatic rings. The maximum Gasteiger partial charge on any atom is 0.360 e. The number of hydrogen-bond acceptors (Lipinski definition) is 6. The van der Waals surface area contributed by atoms with E-state index in [-0.39, 0.29) is 0 Å². The first-order valence-corrected chi connectivity index (χ1v) is 6.36. The highest BCUT2D eigenvalue weighted by Crippen LogP contribution is 2.40. The Labute approximate surface area is 115 Å². The van der Waals surface area contributed by atoms with Crippen LogP contribution in [0.5, 0.6) is 5.75 Å². The normalized spacial score (nSPS) is 11.3. The fourth-order valence-electron chi connectivity index (χ4n) is 1.81. The molecular weight excluding hydrogens is 290 g/mol. The minimum absolute atomic E-state index is 0.322. The lowest BCUT2D eigenvalue weighted by atomic mass is 10.2. The standard InChI is InChI=1S/C11H6ClN3O3S/c1-3-2-4(12)5-6-9(19-10(5)13-3)8(16)7(11(17)18)15-14-6/h2H,1H3,(H,14,16)(H,17,18). The van der Waals surface area contributed by atoms with Crippen molar-refractivity contribution in [2.75, 3.05) is 0 Å². The van der Waals surface area contributed by atoms with Crippen molar-refractivity contribution in [2.24, 2.45) is 0 Å². The van der Waals surface area contributed by atoms with Crippen LogP contribution in [0.15, 0.2) is 6.07 Å². The van der Waals surface area contributed by atoms with E-state index in [2.05, 4.69) is 15.2 Å². The third kappa shape index (κ3) is 1.70. The number of aryl methyl sites for hydroxylation is 1. The quantitative estimate of drug-likeness (QED) is 0.716. The van der Waals surface area contributed by atoms with Gasteiger partial charge in [0.1, 0.15) is 15.0 Å². The molecule has 3 rings (SSSR count). The van der Waals surface area contributed by atoms with Crippen molar-refractivity contribution in [1.82, 2.24) is 15.2 Å². The molecule has 3 aromatic heterocycles. The number of aromatic nitrogens is 3. The van der Waals surface area contributed by atoms with Gasteiger partial charge in [0.25, 0.3) is 0 Å². The number of thiophene rings is 1. The van der Waals surface area contributed by atoms with Crippen LogP contribution >= 0.6 is 22.9 Å². The molecule has 3 heterocycles. The summed E-state index contributed by atoms with van der Waals surface area (Å²) in [5, 5.41) is 27.2. The Morgan fingerprint density at radius 3 is 2.84 bits per heavy atom. The van der Waals surface area contributed by atoms with Crippen molar-refractivity contribution in [1.29, 1.82) is 0 Å². The fraction of sp³-hybridized carbons (Fsp3) is 0.0909. The van der Waals surface area contributed by atoms with Crippen molar-refractivity contribution in [2.45, 2.75) is 6.92 Å². The van der Waals surface area contributed by atoms with E-state index in [1.54, 1.807) is 13.0 Å². The van der Waals surface area contributed by atoms with Gasteiger partial charge in [-0.25, -0.2) is 9.78 Å². The Balaban J connectivity index is 2.50. The molecule has 3 aromatic rings. The number of nitrogens with zero attached hydrogens (tertiary/aromatic N) is 3. The van der Waals surface area contributed by atoms with Crippen LogP contribution in [0.1, 0.15) is 16.2 Å². The molecule has 0 aromatic carbocycles. The first-order valence-electron chi connectivity index (χ1n) is 5.17. The van der Waals surface area contributed by atoms with Crippen molar-refractivity contribution in [3.63, 3.8) is 0 Å². The number of rotatable bonds is 1. The first kappa shape index (κ1) is 12.1. The summed E-state index contributed by atoms with van der Waals surface area (Å²) in [6, 6.07) is 1.68. The van der Waals surface area contributed by atoms with Crippen LogP contribution in [0, 0.1) is 6.92 Å². The monoisotopic (exact) mass is 295 g/mol. The Morgan fingerprint density at radius 1 is 1.42 bits per heavy atom. The molecule has 0 fully saturated rings. The summed E-state index contributed by atoms with van der Waals surface area (Å²) in [4.78, 5) is 15.8. The van der Waals surface area contributed by atoms with E-state index in [9.17, 15) is 9.90 Å². The summed E-state index contributed by atoms with van der Waals surface area (Å²) < 4.78 is 0.322. The maximum absolute atomic E-state index is 10.9. The molecule has 0 aliphatic heterocycles. The number of pyridine rings is 1. The maximum atomic E-state index is 10.9. The zero-order chi connectivity index (χ0) is 13.7. The summed E-state index contributed by atoms with van der Waals surface area (Å²) in [5.74, 6) is -1.74. The number of fused-ring (bicyclic) bond motifs is 3. The zero-order valence-corrected chi connectivity index (χ0v) is 11.1. The lowest BCUT2D eigenvalue weighted by Gasteiger charge is -1.98. The van der Waals surface area contributed by atoms with E-state index < -0.39 is 17.4 Å². The second-order valence-corrected chi connectivity index (χ2v) is 5.31. The molecule has 0 unspecified atom stereocenters. The highest BCUT2D eigenvalue weighted by Gasteiger charge is 2.21. The Bertz CT molecular complexity index is 846. The number of carboxylic acids is 1. The van der Waals surface area contributed by atoms with Gasteiger partial charge in [0, 0.05) is 5.69 Å². The predicted octanol–water partition coefficient (Wildman–Crippen LogP) is 2.61. The lowest BCUT2D eigenvalue weighted by Crippen LogP contribution is -2.02. The number of carbonyl (C=O) groups is 1. The third-order valence-corrected chi connectivity index (χ3v) is 3.99. The Hall–Kier alpha value is -1.99. The van der Waals surface area contributed by atoms with Crippen LogP contribution in [0.4, 0.5) is 0 Å². The summed E-state index contributed by atoms with van der Waals surface area (Å²) >= 11 is 7.28. The number of halogens is 1. The average molecular weight is 296 g/mol. The molecule has 0 spiro atoms. The van der Waals surface area contributed by atoms with Crippen molar-refractivity contribution < 1.29 is 15.0 Å². The van der Waals surface area contributed by atoms with E-state index >= 15 is 0 Å². The molecule has 8 heteroatoms. The van der Waals surface area contributed by atoms with Gasteiger partial charge in [-0.05, 0) is 13.0 Å². The first-order chi connectivity index (χ1) is 8.99. The van der Waals surface area contributed by atoms with Gasteiger partial charge in [0.05, 0.1) is 10.4 Å². The molecular formula is C11H6ClN3O3S. The third-order valence-electron chi connectivity index (χ3n) is 2.61. The highest BCUT2D eigenvalue weighted by molar-refractivity contribution is 7.25. The molecule has 2 N–H and O–H groups in total. The van der Waals surface area contributed by atoms with Gasteiger partial charge in [0.15, 0.2) is 5.75 Å². The van der Waals surface area contributed by atoms with Crippen LogP contribution < -0.4 is 0 Å². The van der Waals surface area contributed by atoms with Crippen molar-refractivity contribution in [3.05, 3.63) is 22.5 Å². The van der Waals surface area contributed by atoms with Crippen molar-refractivity contribution >= 4 is 49.3 Å². The second kappa shape index (κ2) is 4.01. The van der Waals surface area contributed by atoms with Gasteiger partial charge in [0.2, 0.25) is 5.69 Å². The molecule has 6 nitrogen and oxygen atoms in total. The van der Waals surface area contributed by atoms with Gasteiger partial charge in [-0.2, -0.15) is 0 Å². The van der Waals surface area contributed by atoms with Crippen LogP contribution in [-0.4, -0.2) is 31.4 Å². The van der Waals surface area contributed by atoms with Crippen LogP contribution in [0.2, 0.25) is 5.02 Å². The van der Waals surface area contributed by atoms with Crippen LogP contribution in [0.3, 0.4) is 0 Å². The SMILES string of the molecule is Cc1cc(Cl)c2c(n1)sc1c(O)c(C(=O)O)nnc12. The van der Waals surface area contributed by atoms with E-state index in [1.807, 2.05) is 0 Å². The van der Waals surface area contributed by atoms with Gasteiger partial charge < -0.3 is 10.2 Å². The summed E-state index contributed by atoms with van der Waals surface area (Å²) in [6.45, 7) is 1.80. The minimum Gasteiger partial charge on any atom is -0.504 e. The summed E-state index contributed by atoms with van der Waals surface area (Å²) in [5.41, 5.74) is 0.613. The fourth-order valence-corrected chi connectivity index (χ4v) is 3.33. The molecule has 0 atom stereocenters. The van der Waals surface area contributed by atoms with E-state index in [4.69, 9.17) is 16.7 Å². The summed E-state index contributed by atoms with van der Waals surface area (Å²) in [7, 11) is 0. The number of aromatic hydroxyl groups is 1. The number of aromatic carboxylic acids is 1. The molecule has 19 heavy (non-hydrogen) atoms. The summed E-state index contributed by atoms with van der Waals surface area (Å²) in [6.07, 6.45) is 0. The van der Waals surface area contributed by atoms with Crippen LogP contribution in [-0.2, 0) is 0 Å². The van der Waals surface area contributed by atoms with Gasteiger partial charge >= 0.3 is 5.97 Å². The zero-order valence-electron chi connectivity index (χ0n) is 9.51. The molecule has 96 valence electrons. The average Bonchev–Trinajstić information content (AvgIpc) is 2.68. The van der Waals surface area contributed by atoms with Gasteiger partial charge in [-0.15, -0.1) is 21.5 Å². The smallest absolute Gasteiger partial charge is 0.360 e. The number of hydrogen-bond donors (Lipinski definition) is 2. The molecule has 0 saturated heterocycles. The predicted molar refractivity (Wildman–Crippen MR) is 71.1 cm³/mol. The van der Waals surface area contributed by atoms with Gasteiger partial charge in [-0.1, -0.05) is 11.6 Å². The lowest BCUT2D eigenvalue weighted by molar-refractivity contribution is 0.0686. The molecule has 0 amide bonds. The molecule has 0 bridgehead atoms. The van der Waals surface area contributed by atoms with E-state index in [1.165, 1.54) is 0 Å². The Morgan fingerprint density at radius 2 is 2.16 bits per heavy atom. The Kier molecular flexibility index (Phi) is 2.54. The van der Waals surface area contributed by atoms with Crippen LogP contribution in [0.25, 0.3) is 20.4 Å². The molecule has 0 saturated carbocycles. The van der Waals surface area contributed by atoms with Gasteiger partial charge in [-0.3, -0.25) is 0 Å². The minimum atomic E-state index is -1.33. The highest BCUT2D eigenvalue weighted by atomic mass is 35.5.